The Kier molecular flexibility index (Phi) is 6.21. The van der Waals surface area contributed by atoms with Gasteiger partial charge in [-0.05, 0) is 24.6 Å². The van der Waals surface area contributed by atoms with Crippen LogP contribution in [0.2, 0.25) is 10.0 Å². The number of aromatic nitrogens is 2. The number of thiophene rings is 1. The van der Waals surface area contributed by atoms with Gasteiger partial charge in [-0.2, -0.15) is 10.4 Å². The van der Waals surface area contributed by atoms with Gasteiger partial charge in [0.05, 0.1) is 34.5 Å². The largest absolute Gasteiger partial charge is 0.378 e. The molecule has 1 aliphatic rings. The van der Waals surface area contributed by atoms with Crippen LogP contribution in [-0.2, 0) is 11.8 Å². The highest BCUT2D eigenvalue weighted by Crippen LogP contribution is 2.43. The lowest BCUT2D eigenvalue weighted by atomic mass is 10.0. The van der Waals surface area contributed by atoms with E-state index >= 15 is 0 Å². The number of carbonyl (C=O) groups excluding carboxylic acids is 1. The van der Waals surface area contributed by atoms with Gasteiger partial charge < -0.3 is 15.0 Å². The number of rotatable bonds is 4. The molecule has 3 heterocycles. The molecule has 0 radical (unpaired) electrons. The molecule has 0 bridgehead atoms. The fraction of sp³-hybridized carbons (Fsp3) is 0.286. The number of nitrogens with one attached hydrogen (secondary N) is 1. The molecular formula is C21H19Cl2N5O2S. The van der Waals surface area contributed by atoms with Gasteiger partial charge >= 0.3 is 0 Å². The van der Waals surface area contributed by atoms with Crippen LogP contribution in [0.15, 0.2) is 24.3 Å². The number of aryl methyl sites for hydroxylation is 2. The number of nitriles is 1. The van der Waals surface area contributed by atoms with Gasteiger partial charge in [0, 0.05) is 31.8 Å². The first-order chi connectivity index (χ1) is 14.9. The van der Waals surface area contributed by atoms with E-state index in [9.17, 15) is 10.1 Å². The van der Waals surface area contributed by atoms with Crippen molar-refractivity contribution in [3.63, 3.8) is 0 Å². The summed E-state index contributed by atoms with van der Waals surface area (Å²) in [5.74, 6) is 0.257. The predicted octanol–water partition coefficient (Wildman–Crippen LogP) is 4.72. The molecule has 1 N–H and O–H groups in total. The van der Waals surface area contributed by atoms with Gasteiger partial charge in [-0.25, -0.2) is 0 Å². The highest BCUT2D eigenvalue weighted by atomic mass is 35.5. The van der Waals surface area contributed by atoms with Gasteiger partial charge in [0.1, 0.15) is 21.8 Å². The molecule has 0 aliphatic carbocycles. The summed E-state index contributed by atoms with van der Waals surface area (Å²) in [6.45, 7) is 4.30. The Balaban J connectivity index is 1.84. The zero-order valence-corrected chi connectivity index (χ0v) is 19.2. The number of benzene rings is 1. The average Bonchev–Trinajstić information content (AvgIpc) is 3.30. The monoisotopic (exact) mass is 475 g/mol. The molecule has 1 fully saturated rings. The van der Waals surface area contributed by atoms with E-state index in [1.54, 1.807) is 36.0 Å². The Morgan fingerprint density at radius 3 is 2.61 bits per heavy atom. The second-order valence-corrected chi connectivity index (χ2v) is 8.89. The first-order valence-electron chi connectivity index (χ1n) is 9.56. The summed E-state index contributed by atoms with van der Waals surface area (Å²) in [5, 5.41) is 18.7. The van der Waals surface area contributed by atoms with Crippen LogP contribution >= 0.6 is 34.5 Å². The van der Waals surface area contributed by atoms with Crippen molar-refractivity contribution in [2.24, 2.45) is 7.05 Å². The SMILES string of the molecule is Cc1cc(NC(=O)c2sc(N3CCOCC3)c(C#N)c2-c2ccc(Cl)c(Cl)c2)n(C)n1. The summed E-state index contributed by atoms with van der Waals surface area (Å²) in [4.78, 5) is 15.8. The molecule has 7 nitrogen and oxygen atoms in total. The zero-order chi connectivity index (χ0) is 22.1. The minimum absolute atomic E-state index is 0.315. The summed E-state index contributed by atoms with van der Waals surface area (Å²) in [6.07, 6.45) is 0. The highest BCUT2D eigenvalue weighted by Gasteiger charge is 2.28. The van der Waals surface area contributed by atoms with Crippen LogP contribution in [0, 0.1) is 18.3 Å². The molecule has 0 unspecified atom stereocenters. The van der Waals surface area contributed by atoms with Crippen molar-refractivity contribution in [3.8, 4) is 17.2 Å². The minimum atomic E-state index is -0.315. The molecule has 1 aliphatic heterocycles. The quantitative estimate of drug-likeness (QED) is 0.589. The van der Waals surface area contributed by atoms with Gasteiger partial charge in [-0.15, -0.1) is 11.3 Å². The molecule has 10 heteroatoms. The van der Waals surface area contributed by atoms with Gasteiger partial charge in [0.2, 0.25) is 0 Å². The number of morpholine rings is 1. The maximum Gasteiger partial charge on any atom is 0.267 e. The van der Waals surface area contributed by atoms with Crippen LogP contribution in [0.4, 0.5) is 10.8 Å². The second kappa shape index (κ2) is 8.89. The van der Waals surface area contributed by atoms with E-state index in [0.29, 0.717) is 63.7 Å². The molecule has 4 rings (SSSR count). The molecule has 2 aromatic heterocycles. The van der Waals surface area contributed by atoms with E-state index in [1.807, 2.05) is 6.92 Å². The fourth-order valence-corrected chi connectivity index (χ4v) is 5.02. The maximum absolute atomic E-state index is 13.3. The van der Waals surface area contributed by atoms with E-state index < -0.39 is 0 Å². The van der Waals surface area contributed by atoms with Crippen molar-refractivity contribution in [2.75, 3.05) is 36.5 Å². The van der Waals surface area contributed by atoms with Crippen LogP contribution in [0.25, 0.3) is 11.1 Å². The molecule has 0 atom stereocenters. The van der Waals surface area contributed by atoms with Gasteiger partial charge in [0.25, 0.3) is 5.91 Å². The van der Waals surface area contributed by atoms with E-state index in [0.717, 1.165) is 10.7 Å². The first-order valence-corrected chi connectivity index (χ1v) is 11.1. The summed E-state index contributed by atoms with van der Waals surface area (Å²) >= 11 is 13.6. The number of nitrogens with zero attached hydrogens (tertiary/aromatic N) is 4. The Hall–Kier alpha value is -2.57. The fourth-order valence-electron chi connectivity index (χ4n) is 3.50. The third-order valence-electron chi connectivity index (χ3n) is 4.96. The molecule has 31 heavy (non-hydrogen) atoms. The van der Waals surface area contributed by atoms with E-state index in [1.165, 1.54) is 11.3 Å². The van der Waals surface area contributed by atoms with Crippen LogP contribution in [0.5, 0.6) is 0 Å². The van der Waals surface area contributed by atoms with Crippen molar-refractivity contribution in [2.45, 2.75) is 6.92 Å². The summed E-state index contributed by atoms with van der Waals surface area (Å²) in [7, 11) is 1.76. The molecule has 0 saturated carbocycles. The maximum atomic E-state index is 13.3. The number of anilines is 2. The smallest absolute Gasteiger partial charge is 0.267 e. The van der Waals surface area contributed by atoms with Crippen molar-refractivity contribution in [1.29, 1.82) is 5.26 Å². The van der Waals surface area contributed by atoms with Crippen molar-refractivity contribution in [1.82, 2.24) is 9.78 Å². The molecule has 3 aromatic rings. The third kappa shape index (κ3) is 4.27. The Morgan fingerprint density at radius 2 is 2.00 bits per heavy atom. The molecule has 160 valence electrons. The predicted molar refractivity (Wildman–Crippen MR) is 123 cm³/mol. The summed E-state index contributed by atoms with van der Waals surface area (Å²) in [6, 6.07) is 9.21. The number of amides is 1. The number of hydrogen-bond donors (Lipinski definition) is 1. The van der Waals surface area contributed by atoms with E-state index in [-0.39, 0.29) is 5.91 Å². The second-order valence-electron chi connectivity index (χ2n) is 7.08. The number of carbonyl (C=O) groups is 1. The molecule has 0 spiro atoms. The first kappa shape index (κ1) is 21.7. The highest BCUT2D eigenvalue weighted by molar-refractivity contribution is 7.19. The van der Waals surface area contributed by atoms with Crippen molar-refractivity contribution >= 4 is 51.3 Å². The third-order valence-corrected chi connectivity index (χ3v) is 6.95. The standard InChI is InChI=1S/C21H19Cl2N5O2S/c1-12-9-17(27(2)26-12)25-20(29)19-18(13-3-4-15(22)16(23)10-13)14(11-24)21(31-19)28-5-7-30-8-6-28/h3-4,9-10H,5-8H2,1-2H3,(H,25,29). The lowest BCUT2D eigenvalue weighted by Gasteiger charge is -2.27. The molecule has 1 amide bonds. The molecular weight excluding hydrogens is 457 g/mol. The van der Waals surface area contributed by atoms with Crippen molar-refractivity contribution < 1.29 is 9.53 Å². The topological polar surface area (TPSA) is 83.2 Å². The molecule has 1 aromatic carbocycles. The lowest BCUT2D eigenvalue weighted by molar-refractivity contribution is 0.103. The van der Waals surface area contributed by atoms with Crippen molar-refractivity contribution in [3.05, 3.63) is 50.4 Å². The molecule has 1 saturated heterocycles. The number of hydrogen-bond acceptors (Lipinski definition) is 6. The minimum Gasteiger partial charge on any atom is -0.378 e. The summed E-state index contributed by atoms with van der Waals surface area (Å²) in [5.41, 5.74) is 2.44. The Bertz CT molecular complexity index is 1190. The van der Waals surface area contributed by atoms with E-state index in [2.05, 4.69) is 21.4 Å². The van der Waals surface area contributed by atoms with Crippen LogP contribution < -0.4 is 10.2 Å². The van der Waals surface area contributed by atoms with Gasteiger partial charge in [-0.3, -0.25) is 9.48 Å². The normalized spacial score (nSPS) is 13.8. The van der Waals surface area contributed by atoms with Crippen LogP contribution in [0.1, 0.15) is 20.9 Å². The van der Waals surface area contributed by atoms with Crippen LogP contribution in [0.3, 0.4) is 0 Å². The zero-order valence-electron chi connectivity index (χ0n) is 16.9. The van der Waals surface area contributed by atoms with Crippen LogP contribution in [-0.4, -0.2) is 42.0 Å². The Morgan fingerprint density at radius 1 is 1.26 bits per heavy atom. The summed E-state index contributed by atoms with van der Waals surface area (Å²) < 4.78 is 7.05. The van der Waals surface area contributed by atoms with Gasteiger partial charge in [-0.1, -0.05) is 29.3 Å². The average molecular weight is 476 g/mol. The van der Waals surface area contributed by atoms with Gasteiger partial charge in [0.15, 0.2) is 0 Å². The lowest BCUT2D eigenvalue weighted by Crippen LogP contribution is -2.36. The number of halogens is 2. The van der Waals surface area contributed by atoms with E-state index in [4.69, 9.17) is 27.9 Å². The Labute approximate surface area is 193 Å². The number of ether oxygens (including phenoxy) is 1.